The minimum atomic E-state index is 0.139. The minimum absolute atomic E-state index is 0.139. The van der Waals surface area contributed by atoms with Gasteiger partial charge in [0.1, 0.15) is 0 Å². The molecular formula is C8H7N3O. The van der Waals surface area contributed by atoms with Crippen molar-refractivity contribution in [2.24, 2.45) is 0 Å². The maximum Gasteiger partial charge on any atom is 0.154 e. The van der Waals surface area contributed by atoms with E-state index in [-0.39, 0.29) is 5.75 Å². The summed E-state index contributed by atoms with van der Waals surface area (Å²) in [5.74, 6) is 0.832. The summed E-state index contributed by atoms with van der Waals surface area (Å²) in [5.41, 5.74) is 0. The predicted molar refractivity (Wildman–Crippen MR) is 43.0 cm³/mol. The standard InChI is InChI=1S/C8H7N3O/c12-7-5-10-11(6-7)8-3-1-2-4-9-8/h1-6,12H. The number of hydrogen-bond acceptors (Lipinski definition) is 3. The summed E-state index contributed by atoms with van der Waals surface area (Å²) in [6.45, 7) is 0. The molecule has 0 unspecified atom stereocenters. The van der Waals surface area contributed by atoms with Crippen molar-refractivity contribution in [1.29, 1.82) is 0 Å². The van der Waals surface area contributed by atoms with Crippen LogP contribution >= 0.6 is 0 Å². The van der Waals surface area contributed by atoms with Gasteiger partial charge in [0.05, 0.1) is 12.4 Å². The van der Waals surface area contributed by atoms with E-state index in [0.717, 1.165) is 0 Å². The topological polar surface area (TPSA) is 50.9 Å². The molecule has 12 heavy (non-hydrogen) atoms. The van der Waals surface area contributed by atoms with Gasteiger partial charge in [-0.2, -0.15) is 5.10 Å². The number of aromatic hydroxyl groups is 1. The first-order valence-electron chi connectivity index (χ1n) is 3.51. The molecule has 2 rings (SSSR count). The molecule has 0 fully saturated rings. The zero-order valence-electron chi connectivity index (χ0n) is 6.25. The van der Waals surface area contributed by atoms with Gasteiger partial charge in [-0.25, -0.2) is 9.67 Å². The number of nitrogens with zero attached hydrogens (tertiary/aromatic N) is 3. The lowest BCUT2D eigenvalue weighted by Gasteiger charge is -1.96. The van der Waals surface area contributed by atoms with Gasteiger partial charge in [-0.05, 0) is 12.1 Å². The average Bonchev–Trinajstić information content (AvgIpc) is 2.54. The van der Waals surface area contributed by atoms with E-state index in [1.807, 2.05) is 18.2 Å². The number of hydrogen-bond donors (Lipinski definition) is 1. The summed E-state index contributed by atoms with van der Waals surface area (Å²) in [5, 5.41) is 12.9. The Hall–Kier alpha value is -1.84. The molecule has 4 nitrogen and oxygen atoms in total. The van der Waals surface area contributed by atoms with Crippen molar-refractivity contribution < 1.29 is 5.11 Å². The molecule has 2 heterocycles. The maximum atomic E-state index is 9.00. The first-order valence-corrected chi connectivity index (χ1v) is 3.51. The number of aromatic nitrogens is 3. The second-order valence-electron chi connectivity index (χ2n) is 2.33. The van der Waals surface area contributed by atoms with E-state index in [0.29, 0.717) is 5.82 Å². The van der Waals surface area contributed by atoms with Crippen molar-refractivity contribution in [1.82, 2.24) is 14.8 Å². The summed E-state index contributed by atoms with van der Waals surface area (Å²) >= 11 is 0. The fraction of sp³-hybridized carbons (Fsp3) is 0. The summed E-state index contributed by atoms with van der Waals surface area (Å²) in [4.78, 5) is 4.05. The Bertz CT molecular complexity index is 369. The summed E-state index contributed by atoms with van der Waals surface area (Å²) in [6.07, 6.45) is 4.55. The quantitative estimate of drug-likeness (QED) is 0.678. The van der Waals surface area contributed by atoms with Crippen LogP contribution in [0.25, 0.3) is 5.82 Å². The Morgan fingerprint density at radius 1 is 1.33 bits per heavy atom. The van der Waals surface area contributed by atoms with Gasteiger partial charge in [-0.3, -0.25) is 0 Å². The van der Waals surface area contributed by atoms with Crippen LogP contribution in [0.15, 0.2) is 36.8 Å². The molecule has 60 valence electrons. The Labute approximate surface area is 69.1 Å². The molecule has 0 aliphatic carbocycles. The molecule has 0 aliphatic heterocycles. The Kier molecular flexibility index (Phi) is 1.51. The molecule has 0 bridgehead atoms. The Morgan fingerprint density at radius 3 is 2.83 bits per heavy atom. The summed E-state index contributed by atoms with van der Waals surface area (Å²) < 4.78 is 1.51. The van der Waals surface area contributed by atoms with E-state index in [4.69, 9.17) is 5.11 Å². The molecule has 2 aromatic rings. The molecule has 1 N–H and O–H groups in total. The molecule has 0 atom stereocenters. The summed E-state index contributed by atoms with van der Waals surface area (Å²) in [6, 6.07) is 5.50. The van der Waals surface area contributed by atoms with Gasteiger partial charge in [-0.15, -0.1) is 0 Å². The first kappa shape index (κ1) is 6.84. The van der Waals surface area contributed by atoms with Gasteiger partial charge in [0, 0.05) is 6.20 Å². The highest BCUT2D eigenvalue weighted by molar-refractivity contribution is 5.23. The van der Waals surface area contributed by atoms with E-state index in [1.54, 1.807) is 6.20 Å². The monoisotopic (exact) mass is 161 g/mol. The lowest BCUT2D eigenvalue weighted by Crippen LogP contribution is -1.95. The smallest absolute Gasteiger partial charge is 0.154 e. The molecule has 0 aliphatic rings. The van der Waals surface area contributed by atoms with Crippen LogP contribution in [0.1, 0.15) is 0 Å². The van der Waals surface area contributed by atoms with Crippen molar-refractivity contribution >= 4 is 0 Å². The average molecular weight is 161 g/mol. The second kappa shape index (κ2) is 2.65. The molecule has 0 saturated heterocycles. The third-order valence-electron chi connectivity index (χ3n) is 1.45. The van der Waals surface area contributed by atoms with Gasteiger partial charge in [0.2, 0.25) is 0 Å². The predicted octanol–water partition coefficient (Wildman–Crippen LogP) is 0.973. The zero-order chi connectivity index (χ0) is 8.39. The third kappa shape index (κ3) is 1.14. The van der Waals surface area contributed by atoms with E-state index in [1.165, 1.54) is 17.1 Å². The third-order valence-corrected chi connectivity index (χ3v) is 1.45. The number of rotatable bonds is 1. The first-order chi connectivity index (χ1) is 5.86. The molecule has 2 aromatic heterocycles. The minimum Gasteiger partial charge on any atom is -0.505 e. The van der Waals surface area contributed by atoms with Crippen molar-refractivity contribution in [2.45, 2.75) is 0 Å². The van der Waals surface area contributed by atoms with E-state index in [2.05, 4.69) is 10.1 Å². The van der Waals surface area contributed by atoms with Crippen molar-refractivity contribution in [2.75, 3.05) is 0 Å². The van der Waals surface area contributed by atoms with Crippen molar-refractivity contribution in [3.05, 3.63) is 36.8 Å². The molecule has 0 aromatic carbocycles. The highest BCUT2D eigenvalue weighted by atomic mass is 16.3. The van der Waals surface area contributed by atoms with Crippen LogP contribution in [-0.4, -0.2) is 19.9 Å². The normalized spacial score (nSPS) is 10.0. The van der Waals surface area contributed by atoms with Crippen molar-refractivity contribution in [3.63, 3.8) is 0 Å². The van der Waals surface area contributed by atoms with Crippen LogP contribution in [-0.2, 0) is 0 Å². The fourth-order valence-corrected chi connectivity index (χ4v) is 0.928. The summed E-state index contributed by atoms with van der Waals surface area (Å²) in [7, 11) is 0. The van der Waals surface area contributed by atoms with Gasteiger partial charge in [0.15, 0.2) is 11.6 Å². The van der Waals surface area contributed by atoms with E-state index >= 15 is 0 Å². The van der Waals surface area contributed by atoms with Crippen LogP contribution in [0.3, 0.4) is 0 Å². The molecule has 0 spiro atoms. The largest absolute Gasteiger partial charge is 0.505 e. The van der Waals surface area contributed by atoms with Crippen LogP contribution in [0.4, 0.5) is 0 Å². The second-order valence-corrected chi connectivity index (χ2v) is 2.33. The molecule has 0 amide bonds. The zero-order valence-corrected chi connectivity index (χ0v) is 6.25. The van der Waals surface area contributed by atoms with Crippen LogP contribution in [0.2, 0.25) is 0 Å². The molecular weight excluding hydrogens is 154 g/mol. The lowest BCUT2D eigenvalue weighted by molar-refractivity contribution is 0.475. The fourth-order valence-electron chi connectivity index (χ4n) is 0.928. The van der Waals surface area contributed by atoms with Gasteiger partial charge in [0.25, 0.3) is 0 Å². The maximum absolute atomic E-state index is 9.00. The lowest BCUT2D eigenvalue weighted by atomic mass is 10.5. The molecule has 0 saturated carbocycles. The Balaban J connectivity index is 2.45. The van der Waals surface area contributed by atoms with Crippen molar-refractivity contribution in [3.8, 4) is 11.6 Å². The van der Waals surface area contributed by atoms with Gasteiger partial charge >= 0.3 is 0 Å². The molecule has 4 heteroatoms. The van der Waals surface area contributed by atoms with Gasteiger partial charge < -0.3 is 5.11 Å². The Morgan fingerprint density at radius 2 is 2.25 bits per heavy atom. The highest BCUT2D eigenvalue weighted by Crippen LogP contribution is 2.08. The highest BCUT2D eigenvalue weighted by Gasteiger charge is 1.97. The van der Waals surface area contributed by atoms with E-state index < -0.39 is 0 Å². The molecule has 0 radical (unpaired) electrons. The van der Waals surface area contributed by atoms with Gasteiger partial charge in [-0.1, -0.05) is 6.07 Å². The van der Waals surface area contributed by atoms with Crippen LogP contribution < -0.4 is 0 Å². The van der Waals surface area contributed by atoms with Crippen LogP contribution in [0.5, 0.6) is 5.75 Å². The van der Waals surface area contributed by atoms with E-state index in [9.17, 15) is 0 Å². The SMILES string of the molecule is Oc1cnn(-c2ccccn2)c1. The number of pyridine rings is 1. The van der Waals surface area contributed by atoms with Crippen LogP contribution in [0, 0.1) is 0 Å².